The van der Waals surface area contributed by atoms with Crippen molar-refractivity contribution in [3.8, 4) is 5.75 Å². The highest BCUT2D eigenvalue weighted by atomic mass is 32.2. The number of nitrogens with zero attached hydrogens (tertiary/aromatic N) is 1. The molecule has 0 aliphatic heterocycles. The lowest BCUT2D eigenvalue weighted by Gasteiger charge is -2.11. The second kappa shape index (κ2) is 9.37. The number of anilines is 2. The molecule has 0 fully saturated rings. The number of sulfonamides is 1. The molecular weight excluding hydrogens is 428 g/mol. The molecule has 1 amide bonds. The summed E-state index contributed by atoms with van der Waals surface area (Å²) < 4.78 is 37.2. The van der Waals surface area contributed by atoms with Gasteiger partial charge in [-0.2, -0.15) is 0 Å². The number of amides is 1. The number of carbonyl (C=O) groups excluding carboxylic acids is 1. The third kappa shape index (κ3) is 6.03. The molecule has 0 spiro atoms. The lowest BCUT2D eigenvalue weighted by Crippen LogP contribution is -2.37. The standard InChI is InChI=1S/C19H18N4O5S2/c1-13-11-17(22-28-13)23-30(25,26)16-9-7-14(8-10-16)20-19(29)21-18(24)12-27-15-5-3-2-4-6-15/h2-11H,12H2,1H3,(H,22,23)(H2,20,21,24,29). The molecular formula is C19H18N4O5S2. The maximum atomic E-state index is 12.4. The normalized spacial score (nSPS) is 10.8. The Labute approximate surface area is 178 Å². The fourth-order valence-corrected chi connectivity index (χ4v) is 3.53. The van der Waals surface area contributed by atoms with Crippen LogP contribution in [0.1, 0.15) is 5.76 Å². The summed E-state index contributed by atoms with van der Waals surface area (Å²) in [6.45, 7) is 1.46. The van der Waals surface area contributed by atoms with Gasteiger partial charge in [-0.1, -0.05) is 23.4 Å². The first-order valence-electron chi connectivity index (χ1n) is 8.67. The zero-order valence-corrected chi connectivity index (χ0v) is 17.4. The highest BCUT2D eigenvalue weighted by molar-refractivity contribution is 7.92. The van der Waals surface area contributed by atoms with Gasteiger partial charge in [0.15, 0.2) is 17.5 Å². The van der Waals surface area contributed by atoms with Crippen molar-refractivity contribution in [1.82, 2.24) is 10.5 Å². The van der Waals surface area contributed by atoms with Gasteiger partial charge in [0.05, 0.1) is 4.90 Å². The fourth-order valence-electron chi connectivity index (χ4n) is 2.32. The third-order valence-electron chi connectivity index (χ3n) is 3.66. The summed E-state index contributed by atoms with van der Waals surface area (Å²) in [6.07, 6.45) is 0. The van der Waals surface area contributed by atoms with Crippen molar-refractivity contribution in [1.29, 1.82) is 0 Å². The van der Waals surface area contributed by atoms with Crippen LogP contribution in [-0.4, -0.2) is 31.2 Å². The summed E-state index contributed by atoms with van der Waals surface area (Å²) in [4.78, 5) is 11.9. The van der Waals surface area contributed by atoms with Crippen LogP contribution in [0.25, 0.3) is 0 Å². The number of hydrogen-bond donors (Lipinski definition) is 3. The summed E-state index contributed by atoms with van der Waals surface area (Å²) in [5.74, 6) is 0.716. The average Bonchev–Trinajstić information content (AvgIpc) is 3.11. The van der Waals surface area contributed by atoms with Gasteiger partial charge in [0.25, 0.3) is 15.9 Å². The van der Waals surface area contributed by atoms with Crippen LogP contribution in [0.5, 0.6) is 5.75 Å². The van der Waals surface area contributed by atoms with E-state index in [1.54, 1.807) is 31.2 Å². The molecule has 30 heavy (non-hydrogen) atoms. The Morgan fingerprint density at radius 3 is 2.47 bits per heavy atom. The molecule has 1 aromatic heterocycles. The summed E-state index contributed by atoms with van der Waals surface area (Å²) in [7, 11) is -3.82. The minimum atomic E-state index is -3.82. The van der Waals surface area contributed by atoms with Crippen LogP contribution in [0, 0.1) is 6.92 Å². The molecule has 2 aromatic carbocycles. The van der Waals surface area contributed by atoms with Crippen molar-refractivity contribution in [2.45, 2.75) is 11.8 Å². The Kier molecular flexibility index (Phi) is 6.65. The van der Waals surface area contributed by atoms with E-state index in [4.69, 9.17) is 21.5 Å². The van der Waals surface area contributed by atoms with Gasteiger partial charge in [0.2, 0.25) is 0 Å². The van der Waals surface area contributed by atoms with Crippen LogP contribution in [0.2, 0.25) is 0 Å². The molecule has 11 heteroatoms. The van der Waals surface area contributed by atoms with Crippen LogP contribution in [0.3, 0.4) is 0 Å². The SMILES string of the molecule is Cc1cc(NS(=O)(=O)c2ccc(NC(=S)NC(=O)COc3ccccc3)cc2)no1. The first-order chi connectivity index (χ1) is 14.3. The van der Waals surface area contributed by atoms with Crippen molar-refractivity contribution in [2.24, 2.45) is 0 Å². The number of carbonyl (C=O) groups is 1. The van der Waals surface area contributed by atoms with Crippen LogP contribution >= 0.6 is 12.2 Å². The predicted molar refractivity (Wildman–Crippen MR) is 115 cm³/mol. The van der Waals surface area contributed by atoms with E-state index in [1.807, 2.05) is 6.07 Å². The third-order valence-corrected chi connectivity index (χ3v) is 5.23. The molecule has 3 N–H and O–H groups in total. The zero-order chi connectivity index (χ0) is 21.6. The summed E-state index contributed by atoms with van der Waals surface area (Å²) in [6, 6.07) is 16.2. The Hall–Kier alpha value is -3.44. The maximum absolute atomic E-state index is 12.4. The van der Waals surface area contributed by atoms with Crippen LogP contribution in [-0.2, 0) is 14.8 Å². The fraction of sp³-hybridized carbons (Fsp3) is 0.105. The molecule has 0 bridgehead atoms. The first-order valence-corrected chi connectivity index (χ1v) is 10.6. The Balaban J connectivity index is 1.52. The Morgan fingerprint density at radius 2 is 1.83 bits per heavy atom. The van der Waals surface area contributed by atoms with E-state index in [9.17, 15) is 13.2 Å². The van der Waals surface area contributed by atoms with Crippen molar-refractivity contribution >= 4 is 44.8 Å². The minimum Gasteiger partial charge on any atom is -0.484 e. The number of ether oxygens (including phenoxy) is 1. The van der Waals surface area contributed by atoms with Crippen LogP contribution in [0.15, 0.2) is 70.1 Å². The Bertz CT molecular complexity index is 1130. The molecule has 0 unspecified atom stereocenters. The smallest absolute Gasteiger partial charge is 0.264 e. The van der Waals surface area contributed by atoms with Gasteiger partial charge in [-0.3, -0.25) is 14.8 Å². The molecule has 0 aliphatic rings. The highest BCUT2D eigenvalue weighted by Gasteiger charge is 2.16. The molecule has 9 nitrogen and oxygen atoms in total. The lowest BCUT2D eigenvalue weighted by molar-refractivity contribution is -0.121. The molecule has 0 radical (unpaired) electrons. The molecule has 3 aromatic rings. The molecule has 0 saturated carbocycles. The van der Waals surface area contributed by atoms with E-state index in [0.717, 1.165) is 0 Å². The van der Waals surface area contributed by atoms with Crippen molar-refractivity contribution in [2.75, 3.05) is 16.6 Å². The van der Waals surface area contributed by atoms with E-state index < -0.39 is 15.9 Å². The molecule has 0 atom stereocenters. The average molecular weight is 447 g/mol. The number of para-hydroxylation sites is 1. The summed E-state index contributed by atoms with van der Waals surface area (Å²) in [5, 5.41) is 8.95. The van der Waals surface area contributed by atoms with Gasteiger partial charge in [-0.25, -0.2) is 8.42 Å². The summed E-state index contributed by atoms with van der Waals surface area (Å²) in [5.41, 5.74) is 0.500. The van der Waals surface area contributed by atoms with E-state index in [0.29, 0.717) is 17.2 Å². The molecule has 3 rings (SSSR count). The number of aryl methyl sites for hydroxylation is 1. The molecule has 156 valence electrons. The first kappa shape index (κ1) is 21.3. The second-order valence-corrected chi connectivity index (χ2v) is 8.15. The largest absolute Gasteiger partial charge is 0.484 e. The summed E-state index contributed by atoms with van der Waals surface area (Å²) >= 11 is 5.09. The topological polar surface area (TPSA) is 123 Å². The number of hydrogen-bond acceptors (Lipinski definition) is 7. The van der Waals surface area contributed by atoms with Gasteiger partial charge in [-0.05, 0) is 55.5 Å². The quantitative estimate of drug-likeness (QED) is 0.474. The zero-order valence-electron chi connectivity index (χ0n) is 15.8. The van der Waals surface area contributed by atoms with Crippen molar-refractivity contribution in [3.05, 3.63) is 66.4 Å². The second-order valence-electron chi connectivity index (χ2n) is 6.06. The van der Waals surface area contributed by atoms with Crippen LogP contribution in [0.4, 0.5) is 11.5 Å². The van der Waals surface area contributed by atoms with Gasteiger partial charge in [-0.15, -0.1) is 0 Å². The Morgan fingerprint density at radius 1 is 1.13 bits per heavy atom. The number of nitrogens with one attached hydrogen (secondary N) is 3. The van der Waals surface area contributed by atoms with E-state index in [2.05, 4.69) is 20.5 Å². The predicted octanol–water partition coefficient (Wildman–Crippen LogP) is 2.68. The maximum Gasteiger partial charge on any atom is 0.264 e. The number of benzene rings is 2. The van der Waals surface area contributed by atoms with Gasteiger partial charge in [0.1, 0.15) is 11.5 Å². The van der Waals surface area contributed by atoms with Crippen molar-refractivity contribution in [3.63, 3.8) is 0 Å². The molecule has 1 heterocycles. The number of thiocarbonyl (C=S) groups is 1. The van der Waals surface area contributed by atoms with Gasteiger partial charge < -0.3 is 14.6 Å². The monoisotopic (exact) mass is 446 g/mol. The molecule has 0 saturated heterocycles. The minimum absolute atomic E-state index is 0.0277. The van der Waals surface area contributed by atoms with E-state index >= 15 is 0 Å². The van der Waals surface area contributed by atoms with Gasteiger partial charge in [0, 0.05) is 11.8 Å². The van der Waals surface area contributed by atoms with Crippen LogP contribution < -0.4 is 20.1 Å². The van der Waals surface area contributed by atoms with E-state index in [1.165, 1.54) is 30.3 Å². The number of aromatic nitrogens is 1. The highest BCUT2D eigenvalue weighted by Crippen LogP contribution is 2.18. The van der Waals surface area contributed by atoms with Gasteiger partial charge >= 0.3 is 0 Å². The van der Waals surface area contributed by atoms with E-state index in [-0.39, 0.29) is 22.4 Å². The number of rotatable bonds is 7. The molecule has 0 aliphatic carbocycles. The van der Waals surface area contributed by atoms with Crippen molar-refractivity contribution < 1.29 is 22.5 Å². The lowest BCUT2D eigenvalue weighted by atomic mass is 10.3.